The summed E-state index contributed by atoms with van der Waals surface area (Å²) in [6.45, 7) is 1.21. The largest absolute Gasteiger partial charge is 0.482 e. The molecule has 6 nitrogen and oxygen atoms in total. The van der Waals surface area contributed by atoms with E-state index in [1.807, 2.05) is 12.1 Å². The van der Waals surface area contributed by atoms with Gasteiger partial charge in [0, 0.05) is 0 Å². The molecule has 23 heavy (non-hydrogen) atoms. The molecule has 2 aromatic carbocycles. The van der Waals surface area contributed by atoms with Crippen molar-refractivity contribution in [1.29, 1.82) is 0 Å². The lowest BCUT2D eigenvalue weighted by Gasteiger charge is -2.09. The minimum absolute atomic E-state index is 0.288. The number of carbonyl (C=O) groups is 2. The molecule has 0 fully saturated rings. The zero-order valence-electron chi connectivity index (χ0n) is 12.6. The van der Waals surface area contributed by atoms with Crippen LogP contribution in [0.2, 0.25) is 0 Å². The minimum Gasteiger partial charge on any atom is -0.482 e. The molecule has 0 saturated heterocycles. The van der Waals surface area contributed by atoms with Gasteiger partial charge in [0.1, 0.15) is 11.5 Å². The second-order valence-corrected chi connectivity index (χ2v) is 4.41. The number of rotatable bonds is 6. The molecule has 0 aliphatic carbocycles. The predicted octanol–water partition coefficient (Wildman–Crippen LogP) is 2.69. The molecule has 0 aliphatic heterocycles. The Morgan fingerprint density at radius 2 is 1.39 bits per heavy atom. The highest BCUT2D eigenvalue weighted by Crippen LogP contribution is 2.10. The summed E-state index contributed by atoms with van der Waals surface area (Å²) in [5.74, 6) is -0.769. The average Bonchev–Trinajstić information content (AvgIpc) is 2.55. The monoisotopic (exact) mass is 318 g/mol. The van der Waals surface area contributed by atoms with E-state index in [2.05, 4.69) is 0 Å². The molecule has 2 aromatic rings. The number of ether oxygens (including phenoxy) is 2. The van der Waals surface area contributed by atoms with E-state index in [0.29, 0.717) is 11.5 Å². The number of carboxylic acid groups (broad SMARTS) is 2. The molecule has 6 heteroatoms. The SMILES string of the molecule is CC(Oc1ccccc1)C(=O)O.O=C(O)COc1ccccc1. The Morgan fingerprint density at radius 1 is 0.913 bits per heavy atom. The van der Waals surface area contributed by atoms with Crippen LogP contribution in [-0.4, -0.2) is 34.9 Å². The van der Waals surface area contributed by atoms with Crippen molar-refractivity contribution in [2.45, 2.75) is 13.0 Å². The van der Waals surface area contributed by atoms with Crippen molar-refractivity contribution in [1.82, 2.24) is 0 Å². The topological polar surface area (TPSA) is 93.1 Å². The zero-order chi connectivity index (χ0) is 17.1. The van der Waals surface area contributed by atoms with Crippen LogP contribution >= 0.6 is 0 Å². The van der Waals surface area contributed by atoms with E-state index in [9.17, 15) is 9.59 Å². The van der Waals surface area contributed by atoms with Crippen molar-refractivity contribution in [2.24, 2.45) is 0 Å². The van der Waals surface area contributed by atoms with E-state index in [1.54, 1.807) is 48.5 Å². The van der Waals surface area contributed by atoms with Crippen molar-refractivity contribution < 1.29 is 29.3 Å². The normalized spacial score (nSPS) is 10.7. The van der Waals surface area contributed by atoms with Crippen LogP contribution in [0.3, 0.4) is 0 Å². The van der Waals surface area contributed by atoms with E-state index in [1.165, 1.54) is 6.92 Å². The van der Waals surface area contributed by atoms with Crippen molar-refractivity contribution in [3.8, 4) is 11.5 Å². The molecule has 0 saturated carbocycles. The fraction of sp³-hybridized carbons (Fsp3) is 0.176. The van der Waals surface area contributed by atoms with Crippen molar-refractivity contribution in [2.75, 3.05) is 6.61 Å². The van der Waals surface area contributed by atoms with Gasteiger partial charge in [-0.15, -0.1) is 0 Å². The fourth-order valence-corrected chi connectivity index (χ4v) is 1.42. The van der Waals surface area contributed by atoms with Gasteiger partial charge in [0.15, 0.2) is 12.7 Å². The standard InChI is InChI=1S/C9H10O3.C8H8O3/c1-7(9(10)11)12-8-5-3-2-4-6-8;9-8(10)6-11-7-4-2-1-3-5-7/h2-7H,1H3,(H,10,11);1-5H,6H2,(H,9,10). The smallest absolute Gasteiger partial charge is 0.344 e. The molecule has 2 N–H and O–H groups in total. The lowest BCUT2D eigenvalue weighted by atomic mass is 10.3. The molecule has 2 rings (SSSR count). The Bertz CT molecular complexity index is 597. The number of carboxylic acids is 2. The lowest BCUT2D eigenvalue weighted by molar-refractivity contribution is -0.144. The highest BCUT2D eigenvalue weighted by molar-refractivity contribution is 5.72. The first-order valence-corrected chi connectivity index (χ1v) is 6.83. The molecular weight excluding hydrogens is 300 g/mol. The van der Waals surface area contributed by atoms with Crippen molar-refractivity contribution in [3.05, 3.63) is 60.7 Å². The van der Waals surface area contributed by atoms with Crippen LogP contribution < -0.4 is 9.47 Å². The summed E-state index contributed by atoms with van der Waals surface area (Å²) in [6, 6.07) is 17.7. The second-order valence-electron chi connectivity index (χ2n) is 4.41. The summed E-state index contributed by atoms with van der Waals surface area (Å²) in [7, 11) is 0. The molecule has 0 aromatic heterocycles. The Morgan fingerprint density at radius 3 is 1.83 bits per heavy atom. The molecule has 0 heterocycles. The van der Waals surface area contributed by atoms with Crippen LogP contribution in [0.25, 0.3) is 0 Å². The van der Waals surface area contributed by atoms with Gasteiger partial charge in [-0.2, -0.15) is 0 Å². The Labute approximate surface area is 133 Å². The third-order valence-electron chi connectivity index (χ3n) is 2.51. The van der Waals surface area contributed by atoms with E-state index in [0.717, 1.165) is 0 Å². The first kappa shape index (κ1) is 18.0. The van der Waals surface area contributed by atoms with Gasteiger partial charge in [0.05, 0.1) is 0 Å². The van der Waals surface area contributed by atoms with Gasteiger partial charge in [-0.1, -0.05) is 36.4 Å². The molecule has 0 amide bonds. The van der Waals surface area contributed by atoms with Crippen LogP contribution in [-0.2, 0) is 9.59 Å². The predicted molar refractivity (Wildman–Crippen MR) is 83.7 cm³/mol. The maximum atomic E-state index is 10.4. The number of benzene rings is 2. The molecular formula is C17H18O6. The average molecular weight is 318 g/mol. The number of hydrogen-bond donors (Lipinski definition) is 2. The zero-order valence-corrected chi connectivity index (χ0v) is 12.6. The molecule has 0 aliphatic rings. The lowest BCUT2D eigenvalue weighted by Crippen LogP contribution is -2.22. The quantitative estimate of drug-likeness (QED) is 0.850. The first-order valence-electron chi connectivity index (χ1n) is 6.83. The Kier molecular flexibility index (Phi) is 7.71. The molecule has 0 spiro atoms. The van der Waals surface area contributed by atoms with Crippen molar-refractivity contribution >= 4 is 11.9 Å². The fourth-order valence-electron chi connectivity index (χ4n) is 1.42. The van der Waals surface area contributed by atoms with E-state index < -0.39 is 18.0 Å². The van der Waals surface area contributed by atoms with Crippen LogP contribution in [0, 0.1) is 0 Å². The highest BCUT2D eigenvalue weighted by atomic mass is 16.5. The summed E-state index contributed by atoms with van der Waals surface area (Å²) >= 11 is 0. The van der Waals surface area contributed by atoms with Gasteiger partial charge in [0.2, 0.25) is 0 Å². The first-order chi connectivity index (χ1) is 11.0. The van der Waals surface area contributed by atoms with Crippen molar-refractivity contribution in [3.63, 3.8) is 0 Å². The Hall–Kier alpha value is -3.02. The van der Waals surface area contributed by atoms with Crippen LogP contribution in [0.15, 0.2) is 60.7 Å². The van der Waals surface area contributed by atoms with Gasteiger partial charge in [-0.3, -0.25) is 0 Å². The van der Waals surface area contributed by atoms with Crippen LogP contribution in [0.5, 0.6) is 11.5 Å². The maximum Gasteiger partial charge on any atom is 0.344 e. The molecule has 0 radical (unpaired) electrons. The molecule has 0 bridgehead atoms. The minimum atomic E-state index is -0.964. The summed E-state index contributed by atoms with van der Waals surface area (Å²) in [5, 5.41) is 16.8. The summed E-state index contributed by atoms with van der Waals surface area (Å²) in [6.07, 6.45) is -0.799. The highest BCUT2D eigenvalue weighted by Gasteiger charge is 2.11. The van der Waals surface area contributed by atoms with Gasteiger partial charge in [0.25, 0.3) is 0 Å². The van der Waals surface area contributed by atoms with Gasteiger partial charge in [-0.05, 0) is 31.2 Å². The summed E-state index contributed by atoms with van der Waals surface area (Å²) < 4.78 is 9.94. The van der Waals surface area contributed by atoms with Gasteiger partial charge < -0.3 is 19.7 Å². The van der Waals surface area contributed by atoms with E-state index in [4.69, 9.17) is 19.7 Å². The molecule has 122 valence electrons. The third kappa shape index (κ3) is 8.11. The number of hydrogen-bond acceptors (Lipinski definition) is 4. The third-order valence-corrected chi connectivity index (χ3v) is 2.51. The summed E-state index contributed by atoms with van der Waals surface area (Å²) in [4.78, 5) is 20.4. The van der Waals surface area contributed by atoms with Crippen LogP contribution in [0.1, 0.15) is 6.92 Å². The Balaban J connectivity index is 0.000000231. The van der Waals surface area contributed by atoms with Gasteiger partial charge in [-0.25, -0.2) is 9.59 Å². The second kappa shape index (κ2) is 9.83. The van der Waals surface area contributed by atoms with Crippen LogP contribution in [0.4, 0.5) is 0 Å². The van der Waals surface area contributed by atoms with Gasteiger partial charge >= 0.3 is 11.9 Å². The number of aliphatic carboxylic acids is 2. The molecule has 1 atom stereocenters. The number of para-hydroxylation sites is 2. The van der Waals surface area contributed by atoms with E-state index >= 15 is 0 Å². The maximum absolute atomic E-state index is 10.4. The summed E-state index contributed by atoms with van der Waals surface area (Å²) in [5.41, 5.74) is 0. The van der Waals surface area contributed by atoms with E-state index in [-0.39, 0.29) is 6.61 Å². The molecule has 1 unspecified atom stereocenters.